The number of rotatable bonds is 1. The summed E-state index contributed by atoms with van der Waals surface area (Å²) >= 11 is 0. The first-order chi connectivity index (χ1) is 5.11. The molecule has 0 aromatic rings. The first-order valence-corrected chi connectivity index (χ1v) is 4.87. The minimum atomic E-state index is 0.729. The molecule has 66 valence electrons. The van der Waals surface area contributed by atoms with Gasteiger partial charge in [0.1, 0.15) is 0 Å². The SMILES string of the molecule is CC1CCC(C)N(C(C)C)C1. The summed E-state index contributed by atoms with van der Waals surface area (Å²) in [4.78, 5) is 2.62. The summed E-state index contributed by atoms with van der Waals surface area (Å²) in [6.45, 7) is 10.6. The molecule has 0 aromatic heterocycles. The average molecular weight is 155 g/mol. The van der Waals surface area contributed by atoms with E-state index in [2.05, 4.69) is 32.6 Å². The molecule has 0 radical (unpaired) electrons. The summed E-state index contributed by atoms with van der Waals surface area (Å²) in [5, 5.41) is 0. The molecule has 1 rings (SSSR count). The molecule has 1 saturated heterocycles. The van der Waals surface area contributed by atoms with Crippen LogP contribution in [-0.4, -0.2) is 23.5 Å². The molecule has 1 nitrogen and oxygen atoms in total. The summed E-state index contributed by atoms with van der Waals surface area (Å²) in [5.74, 6) is 0.911. The summed E-state index contributed by atoms with van der Waals surface area (Å²) in [6, 6.07) is 1.54. The van der Waals surface area contributed by atoms with Gasteiger partial charge >= 0.3 is 0 Å². The topological polar surface area (TPSA) is 3.24 Å². The van der Waals surface area contributed by atoms with Crippen LogP contribution in [0.2, 0.25) is 0 Å². The highest BCUT2D eigenvalue weighted by Crippen LogP contribution is 2.22. The lowest BCUT2D eigenvalue weighted by atomic mass is 9.94. The summed E-state index contributed by atoms with van der Waals surface area (Å²) in [7, 11) is 0. The molecule has 1 aliphatic rings. The Morgan fingerprint density at radius 3 is 2.27 bits per heavy atom. The van der Waals surface area contributed by atoms with Gasteiger partial charge in [-0.15, -0.1) is 0 Å². The lowest BCUT2D eigenvalue weighted by Gasteiger charge is -2.39. The molecular formula is C10H21N. The van der Waals surface area contributed by atoms with Crippen LogP contribution in [0.1, 0.15) is 40.5 Å². The molecule has 1 heteroatoms. The van der Waals surface area contributed by atoms with Crippen LogP contribution < -0.4 is 0 Å². The maximum absolute atomic E-state index is 2.62. The number of piperidine rings is 1. The third-order valence-electron chi connectivity index (χ3n) is 2.83. The second-order valence-corrected chi connectivity index (χ2v) is 4.32. The van der Waals surface area contributed by atoms with Crippen molar-refractivity contribution in [2.45, 2.75) is 52.6 Å². The van der Waals surface area contributed by atoms with E-state index in [9.17, 15) is 0 Å². The Bertz CT molecular complexity index is 120. The van der Waals surface area contributed by atoms with Crippen molar-refractivity contribution in [3.63, 3.8) is 0 Å². The van der Waals surface area contributed by atoms with Crippen LogP contribution in [-0.2, 0) is 0 Å². The summed E-state index contributed by atoms with van der Waals surface area (Å²) in [5.41, 5.74) is 0. The number of likely N-dealkylation sites (tertiary alicyclic amines) is 1. The monoisotopic (exact) mass is 155 g/mol. The third kappa shape index (κ3) is 2.19. The minimum absolute atomic E-state index is 0.729. The van der Waals surface area contributed by atoms with Crippen molar-refractivity contribution < 1.29 is 0 Å². The smallest absolute Gasteiger partial charge is 0.00698 e. The van der Waals surface area contributed by atoms with Crippen molar-refractivity contribution in [3.8, 4) is 0 Å². The summed E-state index contributed by atoms with van der Waals surface area (Å²) in [6.07, 6.45) is 2.81. The van der Waals surface area contributed by atoms with E-state index in [1.54, 1.807) is 0 Å². The Morgan fingerprint density at radius 2 is 1.82 bits per heavy atom. The molecular weight excluding hydrogens is 134 g/mol. The molecule has 0 aromatic carbocycles. The Balaban J connectivity index is 2.47. The second kappa shape index (κ2) is 3.57. The maximum Gasteiger partial charge on any atom is 0.00698 e. The van der Waals surface area contributed by atoms with Crippen LogP contribution in [0, 0.1) is 5.92 Å². The minimum Gasteiger partial charge on any atom is -0.298 e. The van der Waals surface area contributed by atoms with Crippen molar-refractivity contribution in [2.75, 3.05) is 6.54 Å². The molecule has 0 saturated carbocycles. The quantitative estimate of drug-likeness (QED) is 0.562. The van der Waals surface area contributed by atoms with Gasteiger partial charge < -0.3 is 0 Å². The highest BCUT2D eigenvalue weighted by molar-refractivity contribution is 4.78. The van der Waals surface area contributed by atoms with Gasteiger partial charge in [0.05, 0.1) is 0 Å². The van der Waals surface area contributed by atoms with Gasteiger partial charge in [-0.3, -0.25) is 4.90 Å². The van der Waals surface area contributed by atoms with Gasteiger partial charge in [-0.05, 0) is 39.5 Å². The molecule has 0 N–H and O–H groups in total. The molecule has 2 unspecified atom stereocenters. The maximum atomic E-state index is 2.62. The van der Waals surface area contributed by atoms with E-state index in [1.807, 2.05) is 0 Å². The van der Waals surface area contributed by atoms with Crippen LogP contribution in [0.5, 0.6) is 0 Å². The van der Waals surface area contributed by atoms with Gasteiger partial charge in [0.2, 0.25) is 0 Å². The van der Waals surface area contributed by atoms with Gasteiger partial charge in [0, 0.05) is 18.6 Å². The zero-order chi connectivity index (χ0) is 8.43. The fraction of sp³-hybridized carbons (Fsp3) is 1.00. The van der Waals surface area contributed by atoms with Crippen molar-refractivity contribution in [3.05, 3.63) is 0 Å². The van der Waals surface area contributed by atoms with Gasteiger partial charge in [0.25, 0.3) is 0 Å². The molecule has 0 aliphatic carbocycles. The zero-order valence-electron chi connectivity index (χ0n) is 8.30. The van der Waals surface area contributed by atoms with Crippen LogP contribution in [0.25, 0.3) is 0 Å². The highest BCUT2D eigenvalue weighted by Gasteiger charge is 2.24. The lowest BCUT2D eigenvalue weighted by Crippen LogP contribution is -2.44. The van der Waals surface area contributed by atoms with E-state index in [0.717, 1.165) is 18.0 Å². The van der Waals surface area contributed by atoms with E-state index in [1.165, 1.54) is 19.4 Å². The Labute approximate surface area is 70.8 Å². The Hall–Kier alpha value is -0.0400. The predicted molar refractivity (Wildman–Crippen MR) is 49.7 cm³/mol. The molecule has 0 spiro atoms. The van der Waals surface area contributed by atoms with Gasteiger partial charge in [-0.2, -0.15) is 0 Å². The van der Waals surface area contributed by atoms with E-state index < -0.39 is 0 Å². The number of hydrogen-bond donors (Lipinski definition) is 0. The van der Waals surface area contributed by atoms with Crippen molar-refractivity contribution in [1.29, 1.82) is 0 Å². The van der Waals surface area contributed by atoms with Crippen molar-refractivity contribution >= 4 is 0 Å². The van der Waals surface area contributed by atoms with Crippen molar-refractivity contribution in [1.82, 2.24) is 4.90 Å². The third-order valence-corrected chi connectivity index (χ3v) is 2.83. The Morgan fingerprint density at radius 1 is 1.18 bits per heavy atom. The standard InChI is InChI=1S/C10H21N/c1-8(2)11-7-9(3)5-6-10(11)4/h8-10H,5-7H2,1-4H3. The van der Waals surface area contributed by atoms with E-state index in [-0.39, 0.29) is 0 Å². The molecule has 0 amide bonds. The summed E-state index contributed by atoms with van der Waals surface area (Å²) < 4.78 is 0. The normalized spacial score (nSPS) is 34.6. The van der Waals surface area contributed by atoms with Crippen LogP contribution in [0.4, 0.5) is 0 Å². The number of hydrogen-bond acceptors (Lipinski definition) is 1. The van der Waals surface area contributed by atoms with Gasteiger partial charge in [-0.25, -0.2) is 0 Å². The average Bonchev–Trinajstić information content (AvgIpc) is 1.94. The molecule has 0 bridgehead atoms. The zero-order valence-corrected chi connectivity index (χ0v) is 8.30. The second-order valence-electron chi connectivity index (χ2n) is 4.32. The van der Waals surface area contributed by atoms with Crippen molar-refractivity contribution in [2.24, 2.45) is 5.92 Å². The van der Waals surface area contributed by atoms with E-state index >= 15 is 0 Å². The molecule has 2 atom stereocenters. The van der Waals surface area contributed by atoms with E-state index in [4.69, 9.17) is 0 Å². The largest absolute Gasteiger partial charge is 0.298 e. The molecule has 1 heterocycles. The number of nitrogens with zero attached hydrogens (tertiary/aromatic N) is 1. The molecule has 1 aliphatic heterocycles. The molecule has 1 fully saturated rings. The van der Waals surface area contributed by atoms with Crippen LogP contribution >= 0.6 is 0 Å². The van der Waals surface area contributed by atoms with Gasteiger partial charge in [0.15, 0.2) is 0 Å². The first kappa shape index (κ1) is 9.05. The van der Waals surface area contributed by atoms with Gasteiger partial charge in [-0.1, -0.05) is 6.92 Å². The fourth-order valence-electron chi connectivity index (χ4n) is 2.04. The first-order valence-electron chi connectivity index (χ1n) is 4.87. The van der Waals surface area contributed by atoms with Crippen LogP contribution in [0.15, 0.2) is 0 Å². The highest BCUT2D eigenvalue weighted by atomic mass is 15.2. The van der Waals surface area contributed by atoms with Crippen LogP contribution in [0.3, 0.4) is 0 Å². The fourth-order valence-corrected chi connectivity index (χ4v) is 2.04. The predicted octanol–water partition coefficient (Wildman–Crippen LogP) is 2.52. The lowest BCUT2D eigenvalue weighted by molar-refractivity contribution is 0.0925. The Kier molecular flexibility index (Phi) is 2.94. The molecule has 11 heavy (non-hydrogen) atoms. The van der Waals surface area contributed by atoms with E-state index in [0.29, 0.717) is 0 Å².